The second kappa shape index (κ2) is 6.24. The molecule has 0 saturated carbocycles. The van der Waals surface area contributed by atoms with Gasteiger partial charge in [-0.3, -0.25) is 4.79 Å². The number of para-hydroxylation sites is 1. The molecule has 0 N–H and O–H groups in total. The van der Waals surface area contributed by atoms with Crippen molar-refractivity contribution >= 4 is 12.4 Å². The van der Waals surface area contributed by atoms with Crippen LogP contribution in [0.15, 0.2) is 29.8 Å². The van der Waals surface area contributed by atoms with E-state index in [0.717, 1.165) is 23.2 Å². The maximum Gasteiger partial charge on any atom is 0.146 e. The molecule has 0 heterocycles. The fraction of sp³-hybridized carbons (Fsp3) is 0.400. The lowest BCUT2D eigenvalue weighted by atomic mass is 10.0. The Kier molecular flexibility index (Phi) is 4.95. The molecule has 0 aliphatic rings. The molecule has 2 heteroatoms. The second-order valence-corrected chi connectivity index (χ2v) is 4.62. The predicted octanol–water partition coefficient (Wildman–Crippen LogP) is 3.71. The lowest BCUT2D eigenvalue weighted by Crippen LogP contribution is -2.06. The highest BCUT2D eigenvalue weighted by Crippen LogP contribution is 2.23. The maximum atomic E-state index is 11.0. The summed E-state index contributed by atoms with van der Waals surface area (Å²) in [5.74, 6) is 1.04. The van der Waals surface area contributed by atoms with Crippen LogP contribution < -0.4 is 4.74 Å². The van der Waals surface area contributed by atoms with Gasteiger partial charge in [-0.2, -0.15) is 0 Å². The number of carbonyl (C=O) groups excluding carboxylic acids is 1. The molecule has 0 fully saturated rings. The molecule has 1 aromatic carbocycles. The predicted molar refractivity (Wildman–Crippen MR) is 71.1 cm³/mol. The van der Waals surface area contributed by atoms with Crippen LogP contribution in [0.1, 0.15) is 33.3 Å². The largest absolute Gasteiger partial charge is 0.490 e. The summed E-state index contributed by atoms with van der Waals surface area (Å²) in [6.45, 7) is 7.99. The van der Waals surface area contributed by atoms with Gasteiger partial charge in [0, 0.05) is 5.56 Å². The summed E-state index contributed by atoms with van der Waals surface area (Å²) < 4.78 is 5.71. The number of aldehydes is 1. The lowest BCUT2D eigenvalue weighted by Gasteiger charge is -2.13. The van der Waals surface area contributed by atoms with Gasteiger partial charge in [0.25, 0.3) is 0 Å². The zero-order chi connectivity index (χ0) is 12.8. The SMILES string of the molecule is CC(C)Oc1ccccc1C=C(C=O)C(C)C. The van der Waals surface area contributed by atoms with E-state index in [9.17, 15) is 4.79 Å². The number of ether oxygens (including phenoxy) is 1. The number of rotatable bonds is 5. The number of hydrogen-bond acceptors (Lipinski definition) is 2. The van der Waals surface area contributed by atoms with Gasteiger partial charge < -0.3 is 4.74 Å². The zero-order valence-electron chi connectivity index (χ0n) is 10.9. The summed E-state index contributed by atoms with van der Waals surface area (Å²) in [6.07, 6.45) is 2.94. The Hall–Kier alpha value is -1.57. The standard InChI is InChI=1S/C15H20O2/c1-11(2)14(10-16)9-13-7-5-6-8-15(13)17-12(3)4/h5-12H,1-4H3. The molecule has 0 spiro atoms. The number of hydrogen-bond donors (Lipinski definition) is 0. The second-order valence-electron chi connectivity index (χ2n) is 4.62. The smallest absolute Gasteiger partial charge is 0.146 e. The molecule has 0 aromatic heterocycles. The third kappa shape index (κ3) is 4.06. The first-order valence-electron chi connectivity index (χ1n) is 5.97. The van der Waals surface area contributed by atoms with Gasteiger partial charge in [-0.05, 0) is 37.5 Å². The Morgan fingerprint density at radius 1 is 1.18 bits per heavy atom. The Labute approximate surface area is 103 Å². The van der Waals surface area contributed by atoms with Gasteiger partial charge in [0.1, 0.15) is 12.0 Å². The Morgan fingerprint density at radius 2 is 1.82 bits per heavy atom. The van der Waals surface area contributed by atoms with Gasteiger partial charge in [-0.1, -0.05) is 32.0 Å². The Balaban J connectivity index is 3.08. The van der Waals surface area contributed by atoms with Crippen LogP contribution in [-0.2, 0) is 4.79 Å². The third-order valence-electron chi connectivity index (χ3n) is 2.41. The minimum atomic E-state index is 0.128. The number of benzene rings is 1. The molecule has 0 aliphatic carbocycles. The highest BCUT2D eigenvalue weighted by Gasteiger charge is 2.06. The molecule has 0 atom stereocenters. The van der Waals surface area contributed by atoms with Crippen molar-refractivity contribution < 1.29 is 9.53 Å². The molecule has 0 radical (unpaired) electrons. The molecule has 1 rings (SSSR count). The first-order chi connectivity index (χ1) is 8.04. The first kappa shape index (κ1) is 13.5. The topological polar surface area (TPSA) is 26.3 Å². The first-order valence-corrected chi connectivity index (χ1v) is 5.97. The summed E-state index contributed by atoms with van der Waals surface area (Å²) in [7, 11) is 0. The van der Waals surface area contributed by atoms with Crippen LogP contribution in [-0.4, -0.2) is 12.4 Å². The minimum absolute atomic E-state index is 0.128. The van der Waals surface area contributed by atoms with E-state index in [0.29, 0.717) is 0 Å². The van der Waals surface area contributed by atoms with Crippen molar-refractivity contribution in [3.8, 4) is 5.75 Å². The van der Waals surface area contributed by atoms with E-state index >= 15 is 0 Å². The van der Waals surface area contributed by atoms with Gasteiger partial charge in [-0.25, -0.2) is 0 Å². The Morgan fingerprint density at radius 3 is 2.35 bits per heavy atom. The molecule has 0 bridgehead atoms. The van der Waals surface area contributed by atoms with Crippen molar-refractivity contribution in [2.24, 2.45) is 5.92 Å². The van der Waals surface area contributed by atoms with Crippen molar-refractivity contribution in [1.82, 2.24) is 0 Å². The van der Waals surface area contributed by atoms with Gasteiger partial charge in [0.2, 0.25) is 0 Å². The quantitative estimate of drug-likeness (QED) is 0.571. The van der Waals surface area contributed by atoms with Gasteiger partial charge in [0.05, 0.1) is 6.10 Å². The average molecular weight is 232 g/mol. The number of carbonyl (C=O) groups is 1. The van der Waals surface area contributed by atoms with E-state index in [4.69, 9.17) is 4.74 Å². The summed E-state index contributed by atoms with van der Waals surface area (Å²) in [4.78, 5) is 11.0. The summed E-state index contributed by atoms with van der Waals surface area (Å²) in [5, 5.41) is 0. The molecule has 17 heavy (non-hydrogen) atoms. The molecule has 1 aromatic rings. The van der Waals surface area contributed by atoms with Crippen molar-refractivity contribution in [2.75, 3.05) is 0 Å². The van der Waals surface area contributed by atoms with Gasteiger partial charge >= 0.3 is 0 Å². The van der Waals surface area contributed by atoms with E-state index in [1.165, 1.54) is 0 Å². The van der Waals surface area contributed by atoms with Crippen molar-refractivity contribution in [3.63, 3.8) is 0 Å². The summed E-state index contributed by atoms with van der Waals surface area (Å²) >= 11 is 0. The van der Waals surface area contributed by atoms with E-state index in [-0.39, 0.29) is 12.0 Å². The van der Waals surface area contributed by atoms with Crippen molar-refractivity contribution in [3.05, 3.63) is 35.4 Å². The van der Waals surface area contributed by atoms with Crippen LogP contribution >= 0.6 is 0 Å². The van der Waals surface area contributed by atoms with Crippen LogP contribution in [0, 0.1) is 5.92 Å². The van der Waals surface area contributed by atoms with E-state index in [1.807, 2.05) is 58.0 Å². The molecular weight excluding hydrogens is 212 g/mol. The van der Waals surface area contributed by atoms with Gasteiger partial charge in [0.15, 0.2) is 0 Å². The normalized spacial score (nSPS) is 12.0. The molecule has 0 amide bonds. The molecule has 0 aliphatic heterocycles. The van der Waals surface area contributed by atoms with Crippen LogP contribution in [0.2, 0.25) is 0 Å². The lowest BCUT2D eigenvalue weighted by molar-refractivity contribution is -0.105. The monoisotopic (exact) mass is 232 g/mol. The molecule has 92 valence electrons. The highest BCUT2D eigenvalue weighted by molar-refractivity contribution is 5.83. The maximum absolute atomic E-state index is 11.0. The molecule has 0 unspecified atom stereocenters. The zero-order valence-corrected chi connectivity index (χ0v) is 10.9. The molecule has 0 saturated heterocycles. The van der Waals surface area contributed by atoms with Crippen molar-refractivity contribution in [2.45, 2.75) is 33.8 Å². The van der Waals surface area contributed by atoms with E-state index in [2.05, 4.69) is 0 Å². The average Bonchev–Trinajstić information content (AvgIpc) is 2.26. The summed E-state index contributed by atoms with van der Waals surface area (Å²) in [5.41, 5.74) is 1.74. The fourth-order valence-electron chi connectivity index (χ4n) is 1.48. The molecule has 2 nitrogen and oxygen atoms in total. The Bertz CT molecular complexity index is 403. The van der Waals surface area contributed by atoms with Crippen molar-refractivity contribution in [1.29, 1.82) is 0 Å². The van der Waals surface area contributed by atoms with Crippen LogP contribution in [0.5, 0.6) is 5.75 Å². The highest BCUT2D eigenvalue weighted by atomic mass is 16.5. The van der Waals surface area contributed by atoms with E-state index < -0.39 is 0 Å². The van der Waals surface area contributed by atoms with E-state index in [1.54, 1.807) is 0 Å². The van der Waals surface area contributed by atoms with Crippen LogP contribution in [0.3, 0.4) is 0 Å². The summed E-state index contributed by atoms with van der Waals surface area (Å²) in [6, 6.07) is 7.77. The van der Waals surface area contributed by atoms with Crippen LogP contribution in [0.4, 0.5) is 0 Å². The minimum Gasteiger partial charge on any atom is -0.490 e. The third-order valence-corrected chi connectivity index (χ3v) is 2.41. The number of allylic oxidation sites excluding steroid dienone is 1. The van der Waals surface area contributed by atoms with Gasteiger partial charge in [-0.15, -0.1) is 0 Å². The fourth-order valence-corrected chi connectivity index (χ4v) is 1.48. The molecular formula is C15H20O2. The van der Waals surface area contributed by atoms with Crippen LogP contribution in [0.25, 0.3) is 6.08 Å².